The van der Waals surface area contributed by atoms with Crippen LogP contribution in [0.1, 0.15) is 31.2 Å². The quantitative estimate of drug-likeness (QED) is 0.894. The third-order valence-corrected chi connectivity index (χ3v) is 5.71. The van der Waals surface area contributed by atoms with E-state index in [4.69, 9.17) is 5.26 Å². The highest BCUT2D eigenvalue weighted by molar-refractivity contribution is 7.89. The van der Waals surface area contributed by atoms with Gasteiger partial charge in [0.15, 0.2) is 0 Å². The fourth-order valence-electron chi connectivity index (χ4n) is 2.70. The number of benzene rings is 1. The van der Waals surface area contributed by atoms with Crippen LogP contribution in [0.25, 0.3) is 0 Å². The Kier molecular flexibility index (Phi) is 2.88. The van der Waals surface area contributed by atoms with Crippen molar-refractivity contribution < 1.29 is 8.42 Å². The minimum Gasteiger partial charge on any atom is -0.211 e. The monoisotopic (exact) mass is 276 g/mol. The van der Waals surface area contributed by atoms with Crippen molar-refractivity contribution in [1.29, 1.82) is 5.26 Å². The van der Waals surface area contributed by atoms with Gasteiger partial charge in [-0.3, -0.25) is 0 Å². The number of nitrogens with one attached hydrogen (secondary N) is 1. The largest absolute Gasteiger partial charge is 0.241 e. The second-order valence-corrected chi connectivity index (χ2v) is 7.30. The smallest absolute Gasteiger partial charge is 0.211 e. The summed E-state index contributed by atoms with van der Waals surface area (Å²) in [6.07, 6.45) is 4.72. The van der Waals surface area contributed by atoms with Crippen molar-refractivity contribution in [2.45, 2.75) is 30.6 Å². The maximum absolute atomic E-state index is 12.3. The molecule has 5 heteroatoms. The minimum atomic E-state index is -3.57. The molecule has 1 N–H and O–H groups in total. The maximum Gasteiger partial charge on any atom is 0.241 e. The van der Waals surface area contributed by atoms with Gasteiger partial charge in [-0.05, 0) is 49.1 Å². The van der Waals surface area contributed by atoms with Gasteiger partial charge in [-0.25, -0.2) is 13.1 Å². The predicted molar refractivity (Wildman–Crippen MR) is 70.7 cm³/mol. The van der Waals surface area contributed by atoms with E-state index in [1.807, 2.05) is 6.07 Å². The van der Waals surface area contributed by atoms with E-state index in [2.05, 4.69) is 4.72 Å². The van der Waals surface area contributed by atoms with Crippen LogP contribution in [0.2, 0.25) is 0 Å². The molecule has 0 aromatic heterocycles. The molecule has 0 heterocycles. The zero-order valence-electron chi connectivity index (χ0n) is 10.6. The van der Waals surface area contributed by atoms with Gasteiger partial charge in [0.25, 0.3) is 0 Å². The number of sulfonamides is 1. The molecule has 0 bridgehead atoms. The first-order chi connectivity index (χ1) is 9.07. The Labute approximate surface area is 113 Å². The van der Waals surface area contributed by atoms with Gasteiger partial charge in [-0.2, -0.15) is 5.26 Å². The van der Waals surface area contributed by atoms with E-state index in [1.54, 1.807) is 12.1 Å². The van der Waals surface area contributed by atoms with Gasteiger partial charge < -0.3 is 0 Å². The van der Waals surface area contributed by atoms with Crippen molar-refractivity contribution >= 4 is 10.0 Å². The first kappa shape index (κ1) is 12.6. The second-order valence-electron chi connectivity index (χ2n) is 5.57. The molecular formula is C14H16N2O2S. The van der Waals surface area contributed by atoms with Gasteiger partial charge in [0.1, 0.15) is 6.07 Å². The van der Waals surface area contributed by atoms with Gasteiger partial charge in [0.05, 0.1) is 10.5 Å². The van der Waals surface area contributed by atoms with E-state index < -0.39 is 10.0 Å². The average molecular weight is 276 g/mol. The molecule has 2 saturated carbocycles. The highest BCUT2D eigenvalue weighted by Gasteiger charge is 2.53. The number of rotatable bonds is 5. The molecule has 2 fully saturated rings. The molecule has 1 aromatic rings. The average Bonchev–Trinajstić information content (AvgIpc) is 3.28. The van der Waals surface area contributed by atoms with Crippen LogP contribution in [-0.4, -0.2) is 15.0 Å². The highest BCUT2D eigenvalue weighted by atomic mass is 32.2. The number of nitriles is 1. The van der Waals surface area contributed by atoms with Crippen LogP contribution in [0.3, 0.4) is 0 Å². The van der Waals surface area contributed by atoms with Crippen molar-refractivity contribution in [2.75, 3.05) is 6.54 Å². The zero-order chi connectivity index (χ0) is 13.5. The minimum absolute atomic E-state index is 0.0871. The Morgan fingerprint density at radius 1 is 1.32 bits per heavy atom. The van der Waals surface area contributed by atoms with Crippen molar-refractivity contribution in [2.24, 2.45) is 11.3 Å². The molecular weight excluding hydrogens is 260 g/mol. The van der Waals surface area contributed by atoms with E-state index >= 15 is 0 Å². The molecule has 0 saturated heterocycles. The fourth-order valence-corrected chi connectivity index (χ4v) is 3.99. The Bertz CT molecular complexity index is 638. The lowest BCUT2D eigenvalue weighted by Crippen LogP contribution is -2.31. The molecule has 0 amide bonds. The second kappa shape index (κ2) is 4.32. The van der Waals surface area contributed by atoms with E-state index in [9.17, 15) is 8.42 Å². The summed E-state index contributed by atoms with van der Waals surface area (Å²) < 4.78 is 27.2. The molecule has 2 aliphatic rings. The molecule has 0 spiro atoms. The van der Waals surface area contributed by atoms with Gasteiger partial charge in [-0.15, -0.1) is 0 Å². The highest BCUT2D eigenvalue weighted by Crippen LogP contribution is 2.60. The van der Waals surface area contributed by atoms with Crippen molar-refractivity contribution in [3.05, 3.63) is 29.8 Å². The molecule has 0 unspecified atom stereocenters. The normalized spacial score (nSPS) is 20.8. The van der Waals surface area contributed by atoms with E-state index in [-0.39, 0.29) is 15.9 Å². The zero-order valence-corrected chi connectivity index (χ0v) is 11.4. The first-order valence-electron chi connectivity index (χ1n) is 6.56. The van der Waals surface area contributed by atoms with Crippen molar-refractivity contribution in [3.63, 3.8) is 0 Å². The Morgan fingerprint density at radius 2 is 2.00 bits per heavy atom. The maximum atomic E-state index is 12.3. The number of hydrogen-bond acceptors (Lipinski definition) is 3. The summed E-state index contributed by atoms with van der Waals surface area (Å²) in [4.78, 5) is 0.0871. The molecule has 0 radical (unpaired) electrons. The van der Waals surface area contributed by atoms with Gasteiger partial charge in [-0.1, -0.05) is 12.1 Å². The summed E-state index contributed by atoms with van der Waals surface area (Å²) in [6.45, 7) is 0.514. The van der Waals surface area contributed by atoms with E-state index in [1.165, 1.54) is 25.0 Å². The lowest BCUT2D eigenvalue weighted by Gasteiger charge is -2.15. The molecule has 2 aliphatic carbocycles. The van der Waals surface area contributed by atoms with Crippen LogP contribution >= 0.6 is 0 Å². The standard InChI is InChI=1S/C14H16N2O2S/c15-9-11-3-1-2-4-13(11)19(17,18)16-10-14(7-8-14)12-5-6-12/h1-4,12,16H,5-8,10H2. The predicted octanol–water partition coefficient (Wildman–Crippen LogP) is 2.03. The van der Waals surface area contributed by atoms with Gasteiger partial charge in [0.2, 0.25) is 10.0 Å². The molecule has 19 heavy (non-hydrogen) atoms. The van der Waals surface area contributed by atoms with Gasteiger partial charge >= 0.3 is 0 Å². The van der Waals surface area contributed by atoms with Crippen LogP contribution in [0, 0.1) is 22.7 Å². The Balaban J connectivity index is 1.77. The topological polar surface area (TPSA) is 70.0 Å². The van der Waals surface area contributed by atoms with Crippen LogP contribution in [0.5, 0.6) is 0 Å². The third kappa shape index (κ3) is 2.38. The number of hydrogen-bond donors (Lipinski definition) is 1. The van der Waals surface area contributed by atoms with E-state index in [0.717, 1.165) is 12.8 Å². The molecule has 0 atom stereocenters. The van der Waals surface area contributed by atoms with Crippen molar-refractivity contribution in [1.82, 2.24) is 4.72 Å². The third-order valence-electron chi connectivity index (χ3n) is 4.25. The summed E-state index contributed by atoms with van der Waals surface area (Å²) in [7, 11) is -3.57. The lowest BCUT2D eigenvalue weighted by atomic mass is 10.0. The first-order valence-corrected chi connectivity index (χ1v) is 8.05. The van der Waals surface area contributed by atoms with Gasteiger partial charge in [0, 0.05) is 6.54 Å². The molecule has 0 aliphatic heterocycles. The summed E-state index contributed by atoms with van der Waals surface area (Å²) in [5.41, 5.74) is 0.417. The Morgan fingerprint density at radius 3 is 2.58 bits per heavy atom. The summed E-state index contributed by atoms with van der Waals surface area (Å²) in [6, 6.07) is 8.26. The summed E-state index contributed by atoms with van der Waals surface area (Å²) in [5, 5.41) is 8.98. The van der Waals surface area contributed by atoms with Crippen LogP contribution in [0.15, 0.2) is 29.2 Å². The summed E-state index contributed by atoms with van der Waals surface area (Å²) >= 11 is 0. The Hall–Kier alpha value is -1.38. The van der Waals surface area contributed by atoms with E-state index in [0.29, 0.717) is 12.5 Å². The fraction of sp³-hybridized carbons (Fsp3) is 0.500. The van der Waals surface area contributed by atoms with Crippen LogP contribution in [-0.2, 0) is 10.0 Å². The lowest BCUT2D eigenvalue weighted by molar-refractivity contribution is 0.432. The molecule has 3 rings (SSSR count). The molecule has 4 nitrogen and oxygen atoms in total. The SMILES string of the molecule is N#Cc1ccccc1S(=O)(=O)NCC1(C2CC2)CC1. The van der Waals surface area contributed by atoms with Crippen LogP contribution in [0.4, 0.5) is 0 Å². The molecule has 100 valence electrons. The number of nitrogens with zero attached hydrogens (tertiary/aromatic N) is 1. The van der Waals surface area contributed by atoms with Crippen molar-refractivity contribution in [3.8, 4) is 6.07 Å². The summed E-state index contributed by atoms with van der Waals surface area (Å²) in [5.74, 6) is 0.710. The van der Waals surface area contributed by atoms with Crippen LogP contribution < -0.4 is 4.72 Å². The molecule has 1 aromatic carbocycles.